The van der Waals surface area contributed by atoms with E-state index in [2.05, 4.69) is 10.3 Å². The van der Waals surface area contributed by atoms with Crippen LogP contribution < -0.4 is 10.9 Å². The third-order valence-corrected chi connectivity index (χ3v) is 5.90. The Balaban J connectivity index is 1.75. The van der Waals surface area contributed by atoms with Gasteiger partial charge in [-0.2, -0.15) is 4.98 Å². The Kier molecular flexibility index (Phi) is 5.19. The van der Waals surface area contributed by atoms with Crippen LogP contribution in [-0.2, 0) is 17.6 Å². The van der Waals surface area contributed by atoms with Crippen LogP contribution in [0.15, 0.2) is 58.5 Å². The average molecular weight is 413 g/mol. The number of nitrogens with one attached hydrogen (secondary N) is 1. The van der Waals surface area contributed by atoms with Gasteiger partial charge in [0.2, 0.25) is 5.91 Å². The molecule has 0 unspecified atom stereocenters. The summed E-state index contributed by atoms with van der Waals surface area (Å²) in [6, 6.07) is 12.8. The van der Waals surface area contributed by atoms with E-state index in [1.165, 1.54) is 11.8 Å². The third kappa shape index (κ3) is 3.93. The number of fused-ring (bicyclic) bond motifs is 1. The van der Waals surface area contributed by atoms with Gasteiger partial charge in [0.15, 0.2) is 5.16 Å². The largest absolute Gasteiger partial charge is 0.312 e. The summed E-state index contributed by atoms with van der Waals surface area (Å²) in [4.78, 5) is 29.3. The lowest BCUT2D eigenvalue weighted by atomic mass is 9.86. The molecule has 5 nitrogen and oxygen atoms in total. The highest BCUT2D eigenvalue weighted by Gasteiger charge is 2.32. The highest BCUT2D eigenvalue weighted by molar-refractivity contribution is 7.98. The molecule has 0 saturated heterocycles. The number of hydrogen-bond donors (Lipinski definition) is 1. The number of amides is 1. The predicted octanol–water partition coefficient (Wildman–Crippen LogP) is 3.82. The Labute approximate surface area is 169 Å². The number of thioether (sulfide) groups is 1. The number of benzene rings is 2. The first-order valence-corrected chi connectivity index (χ1v) is 9.94. The molecule has 0 bridgehead atoms. The Morgan fingerprint density at radius 3 is 2.52 bits per heavy atom. The van der Waals surface area contributed by atoms with Gasteiger partial charge < -0.3 is 9.88 Å². The van der Waals surface area contributed by atoms with E-state index in [-0.39, 0.29) is 23.5 Å². The van der Waals surface area contributed by atoms with Crippen molar-refractivity contribution in [3.8, 4) is 0 Å². The van der Waals surface area contributed by atoms with Gasteiger partial charge in [-0.3, -0.25) is 9.59 Å². The van der Waals surface area contributed by atoms with Crippen LogP contribution in [0.5, 0.6) is 0 Å². The molecule has 0 radical (unpaired) electrons. The van der Waals surface area contributed by atoms with Crippen LogP contribution in [0, 0.1) is 11.6 Å². The SMILES string of the molecule is Cn1c(SCc2ccccc2)nc(=O)c2c1NC(=O)C[C@H]2c1cc(F)cc(F)c1. The summed E-state index contributed by atoms with van der Waals surface area (Å²) in [6.45, 7) is 0. The van der Waals surface area contributed by atoms with Gasteiger partial charge in [0.1, 0.15) is 17.5 Å². The second kappa shape index (κ2) is 7.79. The lowest BCUT2D eigenvalue weighted by molar-refractivity contribution is -0.116. The first kappa shape index (κ1) is 19.3. The highest BCUT2D eigenvalue weighted by Crippen LogP contribution is 2.36. The van der Waals surface area contributed by atoms with E-state index in [9.17, 15) is 18.4 Å². The van der Waals surface area contributed by atoms with Gasteiger partial charge in [-0.1, -0.05) is 42.1 Å². The Morgan fingerprint density at radius 2 is 1.83 bits per heavy atom. The van der Waals surface area contributed by atoms with Crippen LogP contribution in [0.1, 0.15) is 29.0 Å². The second-order valence-electron chi connectivity index (χ2n) is 6.80. The van der Waals surface area contributed by atoms with Crippen molar-refractivity contribution < 1.29 is 13.6 Å². The van der Waals surface area contributed by atoms with Crippen LogP contribution in [0.25, 0.3) is 0 Å². The van der Waals surface area contributed by atoms with E-state index >= 15 is 0 Å². The zero-order valence-electron chi connectivity index (χ0n) is 15.5. The zero-order valence-corrected chi connectivity index (χ0v) is 16.3. The molecular weight excluding hydrogens is 396 g/mol. The standard InChI is InChI=1S/C21H17F2N3O2S/c1-26-19-18(20(28)25-21(26)29-11-12-5-3-2-4-6-12)16(10-17(27)24-19)13-7-14(22)9-15(23)8-13/h2-9,16H,10-11H2,1H3,(H,24,27)/t16-/m0/s1. The maximum Gasteiger partial charge on any atom is 0.279 e. The van der Waals surface area contributed by atoms with Crippen molar-refractivity contribution in [3.63, 3.8) is 0 Å². The lowest BCUT2D eigenvalue weighted by Gasteiger charge is -2.27. The van der Waals surface area contributed by atoms with Crippen molar-refractivity contribution in [2.45, 2.75) is 23.2 Å². The summed E-state index contributed by atoms with van der Waals surface area (Å²) in [5.74, 6) is -1.69. The number of carbonyl (C=O) groups is 1. The van der Waals surface area contributed by atoms with Crippen molar-refractivity contribution >= 4 is 23.5 Å². The molecule has 0 spiro atoms. The predicted molar refractivity (Wildman–Crippen MR) is 107 cm³/mol. The van der Waals surface area contributed by atoms with Crippen LogP contribution in [0.3, 0.4) is 0 Å². The Bertz CT molecular complexity index is 1130. The van der Waals surface area contributed by atoms with Crippen LogP contribution in [-0.4, -0.2) is 15.5 Å². The molecule has 29 heavy (non-hydrogen) atoms. The number of carbonyl (C=O) groups excluding carboxylic acids is 1. The molecule has 2 aromatic carbocycles. The lowest BCUT2D eigenvalue weighted by Crippen LogP contribution is -2.33. The summed E-state index contributed by atoms with van der Waals surface area (Å²) >= 11 is 1.37. The minimum atomic E-state index is -0.761. The van der Waals surface area contributed by atoms with Gasteiger partial charge in [-0.25, -0.2) is 8.78 Å². The van der Waals surface area contributed by atoms with Gasteiger partial charge >= 0.3 is 0 Å². The normalized spacial score (nSPS) is 15.7. The maximum atomic E-state index is 13.7. The van der Waals surface area contributed by atoms with Gasteiger partial charge in [0, 0.05) is 31.2 Å². The van der Waals surface area contributed by atoms with Crippen molar-refractivity contribution in [2.75, 3.05) is 5.32 Å². The van der Waals surface area contributed by atoms with E-state index in [4.69, 9.17) is 0 Å². The number of aromatic nitrogens is 2. The molecule has 1 N–H and O–H groups in total. The number of nitrogens with zero attached hydrogens (tertiary/aromatic N) is 2. The third-order valence-electron chi connectivity index (χ3n) is 4.80. The van der Waals surface area contributed by atoms with Crippen molar-refractivity contribution in [3.05, 3.63) is 87.2 Å². The molecule has 1 atom stereocenters. The summed E-state index contributed by atoms with van der Waals surface area (Å²) in [6.07, 6.45) is -0.0800. The van der Waals surface area contributed by atoms with Gasteiger partial charge in [-0.05, 0) is 23.3 Å². The summed E-state index contributed by atoms with van der Waals surface area (Å²) in [7, 11) is 1.70. The Hall–Kier alpha value is -3.00. The van der Waals surface area contributed by atoms with Crippen LogP contribution in [0.2, 0.25) is 0 Å². The zero-order chi connectivity index (χ0) is 20.5. The molecule has 0 saturated carbocycles. The van der Waals surface area contributed by atoms with Gasteiger partial charge in [0.05, 0.1) is 5.56 Å². The summed E-state index contributed by atoms with van der Waals surface area (Å²) in [5, 5.41) is 3.17. The van der Waals surface area contributed by atoms with E-state index < -0.39 is 23.1 Å². The summed E-state index contributed by atoms with van der Waals surface area (Å²) in [5.41, 5.74) is 1.04. The Morgan fingerprint density at radius 1 is 1.14 bits per heavy atom. The molecule has 1 aromatic heterocycles. The molecule has 3 aromatic rings. The fourth-order valence-corrected chi connectivity index (χ4v) is 4.37. The van der Waals surface area contributed by atoms with Crippen molar-refractivity contribution in [1.82, 2.24) is 9.55 Å². The minimum absolute atomic E-state index is 0.0800. The molecule has 8 heteroatoms. The topological polar surface area (TPSA) is 64.0 Å². The molecule has 0 aliphatic carbocycles. The first-order valence-electron chi connectivity index (χ1n) is 8.96. The van der Waals surface area contributed by atoms with Crippen LogP contribution >= 0.6 is 11.8 Å². The molecule has 148 valence electrons. The molecular formula is C21H17F2N3O2S. The number of halogens is 2. The van der Waals surface area contributed by atoms with Crippen molar-refractivity contribution in [1.29, 1.82) is 0 Å². The molecule has 4 rings (SSSR count). The summed E-state index contributed by atoms with van der Waals surface area (Å²) < 4.78 is 29.1. The quantitative estimate of drug-likeness (QED) is 0.522. The fourth-order valence-electron chi connectivity index (χ4n) is 3.45. The average Bonchev–Trinajstić information content (AvgIpc) is 2.69. The number of hydrogen-bond acceptors (Lipinski definition) is 4. The minimum Gasteiger partial charge on any atom is -0.312 e. The monoisotopic (exact) mass is 413 g/mol. The maximum absolute atomic E-state index is 13.7. The van der Waals surface area contributed by atoms with Gasteiger partial charge in [0.25, 0.3) is 5.56 Å². The fraction of sp³-hybridized carbons (Fsp3) is 0.190. The molecule has 1 amide bonds. The highest BCUT2D eigenvalue weighted by atomic mass is 32.2. The van der Waals surface area contributed by atoms with E-state index in [0.29, 0.717) is 16.7 Å². The van der Waals surface area contributed by atoms with Crippen molar-refractivity contribution in [2.24, 2.45) is 7.05 Å². The molecule has 2 heterocycles. The first-order chi connectivity index (χ1) is 13.9. The van der Waals surface area contributed by atoms with E-state index in [0.717, 1.165) is 23.8 Å². The second-order valence-corrected chi connectivity index (χ2v) is 7.75. The van der Waals surface area contributed by atoms with Crippen LogP contribution in [0.4, 0.5) is 14.6 Å². The number of anilines is 1. The van der Waals surface area contributed by atoms with Gasteiger partial charge in [-0.15, -0.1) is 0 Å². The molecule has 1 aliphatic heterocycles. The smallest absolute Gasteiger partial charge is 0.279 e. The molecule has 0 fully saturated rings. The molecule has 1 aliphatic rings. The van der Waals surface area contributed by atoms with E-state index in [1.54, 1.807) is 11.6 Å². The number of rotatable bonds is 4. The van der Waals surface area contributed by atoms with E-state index in [1.807, 2.05) is 30.3 Å².